The van der Waals surface area contributed by atoms with Gasteiger partial charge < -0.3 is 10.1 Å². The molecule has 1 heterocycles. The highest BCUT2D eigenvalue weighted by atomic mass is 32.1. The zero-order valence-electron chi connectivity index (χ0n) is 17.7. The van der Waals surface area contributed by atoms with Gasteiger partial charge in [0.05, 0.1) is 12.2 Å². The largest absolute Gasteiger partial charge is 0.494 e. The summed E-state index contributed by atoms with van der Waals surface area (Å²) < 4.78 is 19.0. The van der Waals surface area contributed by atoms with Gasteiger partial charge in [-0.3, -0.25) is 4.79 Å². The van der Waals surface area contributed by atoms with E-state index in [0.29, 0.717) is 34.3 Å². The minimum atomic E-state index is -0.309. The van der Waals surface area contributed by atoms with Gasteiger partial charge in [-0.1, -0.05) is 19.1 Å². The van der Waals surface area contributed by atoms with E-state index in [-0.39, 0.29) is 11.7 Å². The molecule has 1 amide bonds. The van der Waals surface area contributed by atoms with E-state index in [9.17, 15) is 9.18 Å². The highest BCUT2D eigenvalue weighted by Gasteiger charge is 2.27. The molecule has 0 spiro atoms. The van der Waals surface area contributed by atoms with Gasteiger partial charge in [-0.2, -0.15) is 0 Å². The van der Waals surface area contributed by atoms with E-state index < -0.39 is 0 Å². The molecule has 4 rings (SSSR count). The molecule has 6 heteroatoms. The van der Waals surface area contributed by atoms with E-state index in [2.05, 4.69) is 17.2 Å². The van der Waals surface area contributed by atoms with Crippen LogP contribution in [0.3, 0.4) is 0 Å². The fourth-order valence-electron chi connectivity index (χ4n) is 3.78. The molecule has 1 unspecified atom stereocenters. The smallest absolute Gasteiger partial charge is 0.259 e. The molecule has 160 valence electrons. The van der Waals surface area contributed by atoms with Gasteiger partial charge in [0.25, 0.3) is 5.91 Å². The summed E-state index contributed by atoms with van der Waals surface area (Å²) in [6, 6.07) is 13.6. The summed E-state index contributed by atoms with van der Waals surface area (Å²) in [6.07, 6.45) is 4.50. The summed E-state index contributed by atoms with van der Waals surface area (Å²) in [4.78, 5) is 19.1. The molecule has 0 radical (unpaired) electrons. The van der Waals surface area contributed by atoms with Crippen LogP contribution in [0.15, 0.2) is 53.5 Å². The highest BCUT2D eigenvalue weighted by Crippen LogP contribution is 2.41. The number of amides is 1. The number of hydrogen-bond donors (Lipinski definition) is 1. The molecular formula is C25H25FN2O2S. The second kappa shape index (κ2) is 9.43. The second-order valence-corrected chi connectivity index (χ2v) is 8.84. The summed E-state index contributed by atoms with van der Waals surface area (Å²) >= 11 is 1.56. The molecule has 0 bridgehead atoms. The first-order valence-electron chi connectivity index (χ1n) is 10.5. The van der Waals surface area contributed by atoms with Gasteiger partial charge in [-0.05, 0) is 79.6 Å². The number of halogens is 1. The number of benzene rings is 2. The number of fused-ring (bicyclic) bond motifs is 1. The summed E-state index contributed by atoms with van der Waals surface area (Å²) in [5, 5.41) is 3.67. The number of carbonyl (C=O) groups excluding carboxylic acids is 1. The lowest BCUT2D eigenvalue weighted by Crippen LogP contribution is -2.16. The molecule has 1 atom stereocenters. The molecule has 0 fully saturated rings. The predicted molar refractivity (Wildman–Crippen MR) is 125 cm³/mol. The van der Waals surface area contributed by atoms with E-state index in [1.165, 1.54) is 17.0 Å². The van der Waals surface area contributed by atoms with Crippen molar-refractivity contribution in [1.82, 2.24) is 0 Å². The summed E-state index contributed by atoms with van der Waals surface area (Å²) in [6.45, 7) is 4.76. The monoisotopic (exact) mass is 436 g/mol. The maximum atomic E-state index is 13.5. The van der Waals surface area contributed by atoms with Gasteiger partial charge in [-0.15, -0.1) is 11.3 Å². The Morgan fingerprint density at radius 3 is 2.84 bits per heavy atom. The first-order chi connectivity index (χ1) is 15.0. The lowest BCUT2D eigenvalue weighted by atomic mass is 9.88. The van der Waals surface area contributed by atoms with Crippen LogP contribution in [0.5, 0.6) is 5.75 Å². The number of carbonyl (C=O) groups is 1. The Labute approximate surface area is 185 Å². The first-order valence-corrected chi connectivity index (χ1v) is 11.3. The normalized spacial score (nSPS) is 15.6. The van der Waals surface area contributed by atoms with Crippen LogP contribution >= 0.6 is 11.3 Å². The van der Waals surface area contributed by atoms with Crippen LogP contribution in [0.25, 0.3) is 0 Å². The average Bonchev–Trinajstić information content (AvgIpc) is 3.11. The zero-order chi connectivity index (χ0) is 21.8. The molecule has 0 aliphatic heterocycles. The second-order valence-electron chi connectivity index (χ2n) is 7.76. The standard InChI is InChI=1S/C25H25FN2O2S/c1-3-30-20-10-8-19(9-11-20)28-24(29)23-21-12-7-16(2)13-22(21)31-25(23)27-15-17-5-4-6-18(26)14-17/h4-6,8-11,14-16H,3,7,12-13H2,1-2H3,(H,28,29)/b27-15+. The molecular weight excluding hydrogens is 411 g/mol. The number of hydrogen-bond acceptors (Lipinski definition) is 4. The number of aliphatic imine (C=N–C) groups is 1. The topological polar surface area (TPSA) is 50.7 Å². The van der Waals surface area contributed by atoms with E-state index in [4.69, 9.17) is 4.74 Å². The van der Waals surface area contributed by atoms with Crippen molar-refractivity contribution in [3.8, 4) is 5.75 Å². The molecule has 4 nitrogen and oxygen atoms in total. The molecule has 1 N–H and O–H groups in total. The van der Waals surface area contributed by atoms with Crippen molar-refractivity contribution in [2.75, 3.05) is 11.9 Å². The lowest BCUT2D eigenvalue weighted by Gasteiger charge is -2.18. The van der Waals surface area contributed by atoms with Crippen molar-refractivity contribution in [3.05, 3.63) is 75.9 Å². The maximum Gasteiger partial charge on any atom is 0.259 e. The van der Waals surface area contributed by atoms with Crippen LogP contribution in [-0.4, -0.2) is 18.7 Å². The third kappa shape index (κ3) is 5.02. The number of nitrogens with one attached hydrogen (secondary N) is 1. The number of rotatable bonds is 6. The van der Waals surface area contributed by atoms with Crippen LogP contribution in [0.2, 0.25) is 0 Å². The van der Waals surface area contributed by atoms with Gasteiger partial charge in [0.1, 0.15) is 16.6 Å². The Hall–Kier alpha value is -2.99. The van der Waals surface area contributed by atoms with Crippen molar-refractivity contribution in [2.24, 2.45) is 10.9 Å². The molecule has 1 aromatic heterocycles. The Morgan fingerprint density at radius 2 is 2.10 bits per heavy atom. The van der Waals surface area contributed by atoms with Crippen LogP contribution in [-0.2, 0) is 12.8 Å². The zero-order valence-corrected chi connectivity index (χ0v) is 18.5. The molecule has 0 saturated heterocycles. The third-order valence-electron chi connectivity index (χ3n) is 5.32. The summed E-state index contributed by atoms with van der Waals surface area (Å²) in [5.41, 5.74) is 3.10. The number of thiophene rings is 1. The molecule has 1 aliphatic carbocycles. The van der Waals surface area contributed by atoms with Crippen LogP contribution in [0, 0.1) is 11.7 Å². The minimum absolute atomic E-state index is 0.164. The molecule has 31 heavy (non-hydrogen) atoms. The quantitative estimate of drug-likeness (QED) is 0.454. The fraction of sp³-hybridized carbons (Fsp3) is 0.280. The fourth-order valence-corrected chi connectivity index (χ4v) is 5.13. The molecule has 0 saturated carbocycles. The molecule has 2 aromatic carbocycles. The highest BCUT2D eigenvalue weighted by molar-refractivity contribution is 7.16. The molecule has 3 aromatic rings. The van der Waals surface area contributed by atoms with E-state index in [1.807, 2.05) is 31.2 Å². The Kier molecular flexibility index (Phi) is 6.47. The van der Waals surface area contributed by atoms with Crippen molar-refractivity contribution in [1.29, 1.82) is 0 Å². The third-order valence-corrected chi connectivity index (χ3v) is 6.49. The van der Waals surface area contributed by atoms with Crippen LogP contribution in [0.4, 0.5) is 15.1 Å². The summed E-state index contributed by atoms with van der Waals surface area (Å²) in [5.74, 6) is 0.885. The first kappa shape index (κ1) is 21.2. The van der Waals surface area contributed by atoms with Gasteiger partial charge in [-0.25, -0.2) is 9.38 Å². The maximum absolute atomic E-state index is 13.5. The minimum Gasteiger partial charge on any atom is -0.494 e. The number of nitrogens with zero attached hydrogens (tertiary/aromatic N) is 1. The molecule has 1 aliphatic rings. The number of ether oxygens (including phenoxy) is 1. The summed E-state index contributed by atoms with van der Waals surface area (Å²) in [7, 11) is 0. The van der Waals surface area contributed by atoms with Gasteiger partial charge in [0.2, 0.25) is 0 Å². The van der Waals surface area contributed by atoms with Gasteiger partial charge >= 0.3 is 0 Å². The van der Waals surface area contributed by atoms with E-state index in [1.54, 1.807) is 29.7 Å². The van der Waals surface area contributed by atoms with Gasteiger partial charge in [0.15, 0.2) is 0 Å². The van der Waals surface area contributed by atoms with Crippen molar-refractivity contribution < 1.29 is 13.9 Å². The lowest BCUT2D eigenvalue weighted by molar-refractivity contribution is 0.102. The SMILES string of the molecule is CCOc1ccc(NC(=O)c2c(/N=C/c3cccc(F)c3)sc3c2CCC(C)C3)cc1. The Bertz CT molecular complexity index is 1110. The van der Waals surface area contributed by atoms with Gasteiger partial charge in [0, 0.05) is 16.8 Å². The predicted octanol–water partition coefficient (Wildman–Crippen LogP) is 6.41. The van der Waals surface area contributed by atoms with E-state index >= 15 is 0 Å². The van der Waals surface area contributed by atoms with E-state index in [0.717, 1.165) is 30.6 Å². The Balaban J connectivity index is 1.64. The van der Waals surface area contributed by atoms with Crippen molar-refractivity contribution in [2.45, 2.75) is 33.1 Å². The number of anilines is 1. The Morgan fingerprint density at radius 1 is 1.29 bits per heavy atom. The van der Waals surface area contributed by atoms with Crippen LogP contribution in [0.1, 0.15) is 46.6 Å². The average molecular weight is 437 g/mol. The van der Waals surface area contributed by atoms with Crippen LogP contribution < -0.4 is 10.1 Å². The van der Waals surface area contributed by atoms with Crippen molar-refractivity contribution in [3.63, 3.8) is 0 Å². The van der Waals surface area contributed by atoms with Crippen molar-refractivity contribution >= 4 is 34.1 Å².